The summed E-state index contributed by atoms with van der Waals surface area (Å²) in [6.07, 6.45) is 0.662. The van der Waals surface area contributed by atoms with Crippen molar-refractivity contribution in [3.05, 3.63) is 35.6 Å². The Hall–Kier alpha value is -1.99. The van der Waals surface area contributed by atoms with Crippen LogP contribution in [0.5, 0.6) is 0 Å². The molecule has 132 valence electrons. The van der Waals surface area contributed by atoms with E-state index < -0.39 is 5.92 Å². The summed E-state index contributed by atoms with van der Waals surface area (Å²) in [6, 6.07) is 6.26. The number of halogens is 1. The molecule has 0 bridgehead atoms. The minimum Gasteiger partial charge on any atom is -0.395 e. The quantitative estimate of drug-likeness (QED) is 0.753. The molecule has 2 amide bonds. The van der Waals surface area contributed by atoms with E-state index in [1.54, 1.807) is 18.2 Å². The molecule has 1 aliphatic heterocycles. The Bertz CT molecular complexity index is 575. The predicted octanol–water partition coefficient (Wildman–Crippen LogP) is 0.378. The van der Waals surface area contributed by atoms with E-state index in [0.29, 0.717) is 12.0 Å². The van der Waals surface area contributed by atoms with E-state index in [1.165, 1.54) is 15.9 Å². The van der Waals surface area contributed by atoms with Crippen molar-refractivity contribution in [1.82, 2.24) is 9.80 Å². The topological polar surface area (TPSA) is 81.1 Å². The Kier molecular flexibility index (Phi) is 6.69. The lowest BCUT2D eigenvalue weighted by atomic mass is 9.95. The molecule has 7 heteroatoms. The molecule has 0 radical (unpaired) electrons. The Morgan fingerprint density at radius 1 is 1.25 bits per heavy atom. The fraction of sp³-hybridized carbons (Fsp3) is 0.529. The first-order valence-electron chi connectivity index (χ1n) is 8.08. The van der Waals surface area contributed by atoms with Gasteiger partial charge in [-0.05, 0) is 12.5 Å². The lowest BCUT2D eigenvalue weighted by molar-refractivity contribution is -0.144. The summed E-state index contributed by atoms with van der Waals surface area (Å²) in [7, 11) is 0. The third-order valence-corrected chi connectivity index (χ3v) is 4.22. The van der Waals surface area contributed by atoms with Crippen LogP contribution in [0.1, 0.15) is 18.4 Å². The molecule has 0 aliphatic carbocycles. The van der Waals surface area contributed by atoms with Crippen molar-refractivity contribution < 1.29 is 24.2 Å². The highest BCUT2D eigenvalue weighted by atomic mass is 19.1. The number of hydrogen-bond donors (Lipinski definition) is 2. The average Bonchev–Trinajstić information content (AvgIpc) is 2.58. The fourth-order valence-electron chi connectivity index (χ4n) is 2.93. The number of aliphatic hydroxyl groups excluding tert-OH is 2. The summed E-state index contributed by atoms with van der Waals surface area (Å²) in [4.78, 5) is 27.5. The molecule has 1 atom stereocenters. The van der Waals surface area contributed by atoms with Crippen molar-refractivity contribution >= 4 is 11.8 Å². The van der Waals surface area contributed by atoms with Gasteiger partial charge in [0.05, 0.1) is 19.1 Å². The number of amides is 2. The van der Waals surface area contributed by atoms with E-state index in [4.69, 9.17) is 10.2 Å². The van der Waals surface area contributed by atoms with Crippen molar-refractivity contribution in [2.24, 2.45) is 5.92 Å². The maximum atomic E-state index is 13.8. The summed E-state index contributed by atoms with van der Waals surface area (Å²) in [5, 5.41) is 18.1. The van der Waals surface area contributed by atoms with E-state index in [0.717, 1.165) is 0 Å². The highest BCUT2D eigenvalue weighted by Crippen LogP contribution is 2.22. The van der Waals surface area contributed by atoms with Gasteiger partial charge in [-0.25, -0.2) is 4.39 Å². The molecule has 1 fully saturated rings. The molecule has 1 aliphatic rings. The monoisotopic (exact) mass is 338 g/mol. The number of rotatable bonds is 7. The number of hydrogen-bond acceptors (Lipinski definition) is 4. The molecular formula is C17H23FN2O4. The van der Waals surface area contributed by atoms with Crippen molar-refractivity contribution in [3.8, 4) is 0 Å². The zero-order valence-electron chi connectivity index (χ0n) is 13.5. The van der Waals surface area contributed by atoms with E-state index in [1.807, 2.05) is 0 Å². The largest absolute Gasteiger partial charge is 0.395 e. The van der Waals surface area contributed by atoms with Gasteiger partial charge in [-0.2, -0.15) is 0 Å². The number of benzene rings is 1. The average molecular weight is 338 g/mol. The van der Waals surface area contributed by atoms with Gasteiger partial charge in [0.2, 0.25) is 11.8 Å². The maximum absolute atomic E-state index is 13.8. The smallest absolute Gasteiger partial charge is 0.227 e. The van der Waals surface area contributed by atoms with Crippen LogP contribution in [0.3, 0.4) is 0 Å². The van der Waals surface area contributed by atoms with E-state index in [-0.39, 0.29) is 63.4 Å². The van der Waals surface area contributed by atoms with Gasteiger partial charge in [0.1, 0.15) is 5.82 Å². The minimum atomic E-state index is -0.396. The minimum absolute atomic E-state index is 0.0989. The van der Waals surface area contributed by atoms with Crippen LogP contribution in [0.2, 0.25) is 0 Å². The molecule has 2 rings (SSSR count). The van der Waals surface area contributed by atoms with Crippen LogP contribution in [0.4, 0.5) is 4.39 Å². The summed E-state index contributed by atoms with van der Waals surface area (Å²) >= 11 is 0. The zero-order chi connectivity index (χ0) is 17.5. The summed E-state index contributed by atoms with van der Waals surface area (Å²) in [5.74, 6) is -1.06. The molecule has 0 aromatic heterocycles. The second-order valence-corrected chi connectivity index (χ2v) is 5.87. The normalized spacial score (nSPS) is 17.9. The molecule has 1 aromatic carbocycles. The highest BCUT2D eigenvalue weighted by Gasteiger charge is 2.32. The van der Waals surface area contributed by atoms with Crippen molar-refractivity contribution in [3.63, 3.8) is 0 Å². The van der Waals surface area contributed by atoms with Crippen LogP contribution in [0.25, 0.3) is 0 Å². The lowest BCUT2D eigenvalue weighted by Gasteiger charge is -2.34. The van der Waals surface area contributed by atoms with Crippen molar-refractivity contribution in [2.45, 2.75) is 19.4 Å². The molecule has 1 saturated heterocycles. The number of carbonyl (C=O) groups excluding carboxylic acids is 2. The SMILES string of the molecule is O=C1CC[C@@H](C(=O)N(CCO)CCO)CN1Cc1ccccc1F. The van der Waals surface area contributed by atoms with E-state index in [9.17, 15) is 14.0 Å². The molecule has 0 unspecified atom stereocenters. The van der Waals surface area contributed by atoms with Gasteiger partial charge in [0.25, 0.3) is 0 Å². The first-order chi connectivity index (χ1) is 11.6. The van der Waals surface area contributed by atoms with Crippen LogP contribution >= 0.6 is 0 Å². The second-order valence-electron chi connectivity index (χ2n) is 5.87. The van der Waals surface area contributed by atoms with Gasteiger partial charge in [0, 0.05) is 38.2 Å². The molecule has 1 aromatic rings. The third kappa shape index (κ3) is 4.52. The number of piperidine rings is 1. The van der Waals surface area contributed by atoms with Crippen LogP contribution in [0.15, 0.2) is 24.3 Å². The van der Waals surface area contributed by atoms with Crippen molar-refractivity contribution in [2.75, 3.05) is 32.8 Å². The van der Waals surface area contributed by atoms with Gasteiger partial charge in [-0.1, -0.05) is 18.2 Å². The number of carbonyl (C=O) groups is 2. The fourth-order valence-corrected chi connectivity index (χ4v) is 2.93. The van der Waals surface area contributed by atoms with Gasteiger partial charge < -0.3 is 20.0 Å². The zero-order valence-corrected chi connectivity index (χ0v) is 13.5. The predicted molar refractivity (Wildman–Crippen MR) is 85.3 cm³/mol. The molecular weight excluding hydrogens is 315 g/mol. The van der Waals surface area contributed by atoms with Crippen LogP contribution < -0.4 is 0 Å². The summed E-state index contributed by atoms with van der Waals surface area (Å²) < 4.78 is 13.8. The van der Waals surface area contributed by atoms with Gasteiger partial charge in [0.15, 0.2) is 0 Å². The first-order valence-corrected chi connectivity index (χ1v) is 8.08. The first kappa shape index (κ1) is 18.4. The van der Waals surface area contributed by atoms with E-state index >= 15 is 0 Å². The molecule has 2 N–H and O–H groups in total. The maximum Gasteiger partial charge on any atom is 0.227 e. The Morgan fingerprint density at radius 2 is 1.92 bits per heavy atom. The highest BCUT2D eigenvalue weighted by molar-refractivity contribution is 5.84. The Balaban J connectivity index is 2.05. The lowest BCUT2D eigenvalue weighted by Crippen LogP contribution is -2.48. The van der Waals surface area contributed by atoms with Gasteiger partial charge in [-0.3, -0.25) is 9.59 Å². The molecule has 6 nitrogen and oxygen atoms in total. The third-order valence-electron chi connectivity index (χ3n) is 4.22. The summed E-state index contributed by atoms with van der Waals surface area (Å²) in [6.45, 7) is 0.287. The van der Waals surface area contributed by atoms with Crippen molar-refractivity contribution in [1.29, 1.82) is 0 Å². The Morgan fingerprint density at radius 3 is 2.54 bits per heavy atom. The molecule has 0 spiro atoms. The number of likely N-dealkylation sites (tertiary alicyclic amines) is 1. The van der Waals surface area contributed by atoms with Crippen LogP contribution in [-0.2, 0) is 16.1 Å². The Labute approximate surface area is 140 Å². The molecule has 24 heavy (non-hydrogen) atoms. The van der Waals surface area contributed by atoms with Gasteiger partial charge in [-0.15, -0.1) is 0 Å². The van der Waals surface area contributed by atoms with Crippen LogP contribution in [-0.4, -0.2) is 64.7 Å². The second kappa shape index (κ2) is 8.75. The standard InChI is InChI=1S/C17H23FN2O4/c18-15-4-2-1-3-13(15)11-20-12-14(5-6-16(20)23)17(24)19(7-9-21)8-10-22/h1-4,14,21-22H,5-12H2/t14-/m1/s1. The summed E-state index contributed by atoms with van der Waals surface area (Å²) in [5.41, 5.74) is 0.418. The van der Waals surface area contributed by atoms with Crippen LogP contribution in [0, 0.1) is 11.7 Å². The molecule has 0 saturated carbocycles. The van der Waals surface area contributed by atoms with E-state index in [2.05, 4.69) is 0 Å². The number of nitrogens with zero attached hydrogens (tertiary/aromatic N) is 2. The number of aliphatic hydroxyl groups is 2. The van der Waals surface area contributed by atoms with Gasteiger partial charge >= 0.3 is 0 Å². The molecule has 1 heterocycles.